The Bertz CT molecular complexity index is 1500. The van der Waals surface area contributed by atoms with E-state index in [-0.39, 0.29) is 142 Å². The van der Waals surface area contributed by atoms with Crippen molar-refractivity contribution in [2.24, 2.45) is 20.0 Å². The monoisotopic (exact) mass is 1020 g/mol. The van der Waals surface area contributed by atoms with Crippen molar-refractivity contribution >= 4 is 24.9 Å². The molecule has 0 heterocycles. The van der Waals surface area contributed by atoms with Gasteiger partial charge in [0.05, 0.1) is 0 Å². The molecular weight excluding hydrogens is 967 g/mol. The van der Waals surface area contributed by atoms with Crippen LogP contribution >= 0.6 is 0 Å². The van der Waals surface area contributed by atoms with Gasteiger partial charge in [-0.15, -0.1) is 49.4 Å². The summed E-state index contributed by atoms with van der Waals surface area (Å²) in [6.45, 7) is 6.71. The summed E-state index contributed by atoms with van der Waals surface area (Å²) in [5.41, 5.74) is 2.16. The van der Waals surface area contributed by atoms with Crippen LogP contribution in [0.25, 0.3) is 0 Å². The summed E-state index contributed by atoms with van der Waals surface area (Å²) in [7, 11) is 0. The Morgan fingerprint density at radius 2 is 0.517 bits per heavy atom. The quantitative estimate of drug-likeness (QED) is 0.117. The fraction of sp³-hybridized carbons (Fsp3) is 0.364. The summed E-state index contributed by atoms with van der Waals surface area (Å²) in [5.74, 6) is -0.233. The molecule has 340 valence electrons. The second-order valence-electron chi connectivity index (χ2n) is 12.2. The topological polar surface area (TPSA) is 234 Å². The standard InChI is InChI=1S/4C11H14NO2.4Cu/c4*1-2-10(8-13)12-7-9-5-3-4-6-11(9)14;;;;/h4*3-7,10,14H,2,8H2,1H3;;;;/q4*-1;4*+2/p-4/t4*10-;;;;/m1100..../s1. The van der Waals surface area contributed by atoms with E-state index in [1.807, 2.05) is 27.7 Å². The van der Waals surface area contributed by atoms with Crippen LogP contribution in [0.3, 0.4) is 0 Å². The van der Waals surface area contributed by atoms with Crippen LogP contribution in [0.2, 0.25) is 0 Å². The molecule has 0 bridgehead atoms. The molecule has 60 heavy (non-hydrogen) atoms. The number of para-hydroxylation sites is 4. The number of nitrogens with zero attached hydrogens (tertiary/aromatic N) is 4. The van der Waals surface area contributed by atoms with Crippen LogP contribution in [-0.2, 0) is 68.3 Å². The first-order valence-corrected chi connectivity index (χ1v) is 18.6. The molecule has 0 aliphatic carbocycles. The number of aliphatic imine (C=N–C) groups is 4. The minimum Gasteiger partial charge on any atom is -0.872 e. The zero-order valence-electron chi connectivity index (χ0n) is 33.8. The van der Waals surface area contributed by atoms with E-state index in [4.69, 9.17) is 0 Å². The maximum Gasteiger partial charge on any atom is 2.00 e. The smallest absolute Gasteiger partial charge is 0.872 e. The summed E-state index contributed by atoms with van der Waals surface area (Å²) in [6, 6.07) is 25.7. The van der Waals surface area contributed by atoms with Crippen molar-refractivity contribution < 1.29 is 109 Å². The molecule has 0 N–H and O–H groups in total. The molecule has 4 rings (SSSR count). The zero-order chi connectivity index (χ0) is 41.6. The normalized spacial score (nSPS) is 12.4. The predicted octanol–water partition coefficient (Wildman–Crippen LogP) is 1.26. The SMILES string of the molecule is CC[C@@H](C[O-])N=Cc1ccccc1[O-].CC[C@@H](C[O-])N=Cc1ccccc1[O-].CC[C@H](C[O-])N=Cc1ccccc1[O-].CC[C@H](C[O-])N=Cc1ccccc1[O-].[Cu+2].[Cu+2].[Cu+2].[Cu+2]. The molecule has 0 amide bonds. The summed E-state index contributed by atoms with van der Waals surface area (Å²) in [6.07, 6.45) is 8.82. The Morgan fingerprint density at radius 1 is 0.350 bits per heavy atom. The molecule has 0 aromatic heterocycles. The number of rotatable bonds is 16. The van der Waals surface area contributed by atoms with Crippen LogP contribution in [0.15, 0.2) is 117 Å². The maximum absolute atomic E-state index is 11.2. The number of hydrogen-bond acceptors (Lipinski definition) is 12. The van der Waals surface area contributed by atoms with Crippen molar-refractivity contribution in [2.75, 3.05) is 26.4 Å². The first-order valence-electron chi connectivity index (χ1n) is 18.6. The van der Waals surface area contributed by atoms with Gasteiger partial charge in [-0.2, -0.15) is 0 Å². The van der Waals surface area contributed by atoms with Crippen LogP contribution in [0.5, 0.6) is 23.0 Å². The Morgan fingerprint density at radius 3 is 0.650 bits per heavy atom. The van der Waals surface area contributed by atoms with Crippen molar-refractivity contribution in [3.8, 4) is 23.0 Å². The van der Waals surface area contributed by atoms with E-state index in [1.165, 1.54) is 49.1 Å². The summed E-state index contributed by atoms with van der Waals surface area (Å²) >= 11 is 0. The van der Waals surface area contributed by atoms with Gasteiger partial charge in [0.2, 0.25) is 0 Å². The van der Waals surface area contributed by atoms with E-state index in [9.17, 15) is 40.9 Å². The third-order valence-electron chi connectivity index (χ3n) is 8.03. The molecule has 0 aliphatic heterocycles. The van der Waals surface area contributed by atoms with E-state index in [1.54, 1.807) is 72.8 Å². The van der Waals surface area contributed by atoms with Crippen molar-refractivity contribution in [2.45, 2.75) is 77.5 Å². The minimum atomic E-state index is -0.228. The summed E-state index contributed by atoms with van der Waals surface area (Å²) in [5, 5.41) is 87.3. The van der Waals surface area contributed by atoms with Crippen LogP contribution in [-0.4, -0.2) is 75.5 Å². The molecule has 0 saturated carbocycles. The van der Waals surface area contributed by atoms with Crippen LogP contribution in [0.1, 0.15) is 75.6 Å². The Kier molecular flexibility index (Phi) is 42.0. The largest absolute Gasteiger partial charge is 2.00 e. The molecule has 12 nitrogen and oxygen atoms in total. The van der Waals surface area contributed by atoms with Gasteiger partial charge in [0, 0.05) is 49.0 Å². The van der Waals surface area contributed by atoms with Gasteiger partial charge in [-0.1, -0.05) is 125 Å². The van der Waals surface area contributed by atoms with E-state index >= 15 is 0 Å². The average molecular weight is 1020 g/mol. The average Bonchev–Trinajstić information content (AvgIpc) is 3.22. The van der Waals surface area contributed by atoms with Gasteiger partial charge < -0.3 is 40.9 Å². The fourth-order valence-corrected chi connectivity index (χ4v) is 4.16. The first-order chi connectivity index (χ1) is 27.1. The van der Waals surface area contributed by atoms with Crippen molar-refractivity contribution in [1.29, 1.82) is 0 Å². The van der Waals surface area contributed by atoms with Crippen molar-refractivity contribution in [3.63, 3.8) is 0 Å². The Balaban J connectivity index is -0.000000341. The van der Waals surface area contributed by atoms with E-state index in [2.05, 4.69) is 20.0 Å². The molecule has 4 radical (unpaired) electrons. The molecule has 4 aromatic carbocycles. The minimum absolute atomic E-state index is 0. The van der Waals surface area contributed by atoms with Gasteiger partial charge >= 0.3 is 68.3 Å². The van der Waals surface area contributed by atoms with Crippen LogP contribution in [0, 0.1) is 0 Å². The van der Waals surface area contributed by atoms with Gasteiger partial charge in [0.25, 0.3) is 0 Å². The number of hydrogen-bond donors (Lipinski definition) is 0. The molecule has 4 atom stereocenters. The number of benzene rings is 4. The first kappa shape index (κ1) is 63.3. The van der Waals surface area contributed by atoms with Crippen molar-refractivity contribution in [1.82, 2.24) is 0 Å². The van der Waals surface area contributed by atoms with E-state index < -0.39 is 0 Å². The Labute approximate surface area is 397 Å². The molecule has 0 spiro atoms. The second kappa shape index (κ2) is 39.8. The third kappa shape index (κ3) is 26.8. The van der Waals surface area contributed by atoms with Crippen LogP contribution in [0.4, 0.5) is 0 Å². The molecular formula is C44H52Cu4N4O8. The summed E-state index contributed by atoms with van der Waals surface area (Å²) < 4.78 is 0. The van der Waals surface area contributed by atoms with Crippen LogP contribution < -0.4 is 40.9 Å². The van der Waals surface area contributed by atoms with Gasteiger partial charge in [0.15, 0.2) is 0 Å². The van der Waals surface area contributed by atoms with Gasteiger partial charge in [-0.25, -0.2) is 0 Å². The van der Waals surface area contributed by atoms with Gasteiger partial charge in [0.1, 0.15) is 0 Å². The second-order valence-corrected chi connectivity index (χ2v) is 12.2. The third-order valence-corrected chi connectivity index (χ3v) is 8.03. The van der Waals surface area contributed by atoms with E-state index in [0.717, 1.165) is 0 Å². The molecule has 16 heteroatoms. The molecule has 0 unspecified atom stereocenters. The van der Waals surface area contributed by atoms with Gasteiger partial charge in [-0.3, -0.25) is 20.0 Å². The maximum atomic E-state index is 11.2. The predicted molar refractivity (Wildman–Crippen MR) is 210 cm³/mol. The molecule has 0 saturated heterocycles. The summed E-state index contributed by atoms with van der Waals surface area (Å²) in [4.78, 5) is 16.2. The molecule has 0 fully saturated rings. The molecule has 0 aliphatic rings. The fourth-order valence-electron chi connectivity index (χ4n) is 4.16. The van der Waals surface area contributed by atoms with Crippen molar-refractivity contribution in [3.05, 3.63) is 119 Å². The van der Waals surface area contributed by atoms with Gasteiger partial charge in [-0.05, 0) is 47.9 Å². The molecule has 4 aromatic rings. The Hall–Kier alpha value is -3.32. The zero-order valence-corrected chi connectivity index (χ0v) is 37.5. The van der Waals surface area contributed by atoms with E-state index in [0.29, 0.717) is 47.9 Å².